The van der Waals surface area contributed by atoms with Gasteiger partial charge in [-0.25, -0.2) is 0 Å². The van der Waals surface area contributed by atoms with Gasteiger partial charge in [-0.2, -0.15) is 0 Å². The van der Waals surface area contributed by atoms with Gasteiger partial charge >= 0.3 is 0 Å². The van der Waals surface area contributed by atoms with Crippen LogP contribution in [0.25, 0.3) is 0 Å². The normalized spacial score (nSPS) is 16.7. The minimum Gasteiger partial charge on any atom is -0.0651 e. The molecule has 0 aliphatic carbocycles. The third-order valence-electron chi connectivity index (χ3n) is 6.51. The molecule has 98 valence electrons. The Morgan fingerprint density at radius 1 is 0.750 bits per heavy atom. The van der Waals surface area contributed by atoms with Crippen molar-refractivity contribution in [3.8, 4) is 0 Å². The van der Waals surface area contributed by atoms with Gasteiger partial charge in [0.2, 0.25) is 0 Å². The van der Waals surface area contributed by atoms with Crippen molar-refractivity contribution < 1.29 is 0 Å². The van der Waals surface area contributed by atoms with Crippen LogP contribution >= 0.6 is 0 Å². The lowest BCUT2D eigenvalue weighted by molar-refractivity contribution is -0.0779. The lowest BCUT2D eigenvalue weighted by Gasteiger charge is -2.56. The summed E-state index contributed by atoms with van der Waals surface area (Å²) in [7, 11) is 0. The summed E-state index contributed by atoms with van der Waals surface area (Å²) in [5, 5.41) is 0. The third-order valence-corrected chi connectivity index (χ3v) is 6.51. The van der Waals surface area contributed by atoms with E-state index in [2.05, 4.69) is 69.2 Å². The van der Waals surface area contributed by atoms with E-state index in [1.54, 1.807) is 0 Å². The van der Waals surface area contributed by atoms with Gasteiger partial charge in [0, 0.05) is 0 Å². The molecule has 0 aromatic carbocycles. The zero-order valence-electron chi connectivity index (χ0n) is 13.4. The molecule has 0 rings (SSSR count). The standard InChI is InChI=1S/C16H34/c1-11-13(4)15(7,8)16(9,10)14(5,6)12(2)3/h12-13H,11H2,1-10H3. The molecule has 0 fully saturated rings. The van der Waals surface area contributed by atoms with Crippen molar-refractivity contribution in [2.45, 2.75) is 75.7 Å². The predicted molar refractivity (Wildman–Crippen MR) is 75.6 cm³/mol. The molecule has 0 saturated carbocycles. The van der Waals surface area contributed by atoms with E-state index in [0.29, 0.717) is 22.2 Å². The Balaban J connectivity index is 5.34. The molecule has 0 saturated heterocycles. The van der Waals surface area contributed by atoms with E-state index < -0.39 is 0 Å². The molecule has 0 heteroatoms. The van der Waals surface area contributed by atoms with Gasteiger partial charge in [0.25, 0.3) is 0 Å². The molecule has 0 N–H and O–H groups in total. The zero-order valence-corrected chi connectivity index (χ0v) is 13.4. The summed E-state index contributed by atoms with van der Waals surface area (Å²) >= 11 is 0. The van der Waals surface area contributed by atoms with Crippen LogP contribution in [-0.4, -0.2) is 0 Å². The molecule has 1 atom stereocenters. The molecular formula is C16H34. The van der Waals surface area contributed by atoms with Gasteiger partial charge in [-0.1, -0.05) is 75.7 Å². The molecular weight excluding hydrogens is 192 g/mol. The van der Waals surface area contributed by atoms with Crippen LogP contribution in [-0.2, 0) is 0 Å². The van der Waals surface area contributed by atoms with Crippen molar-refractivity contribution in [3.63, 3.8) is 0 Å². The van der Waals surface area contributed by atoms with E-state index in [-0.39, 0.29) is 0 Å². The van der Waals surface area contributed by atoms with Crippen LogP contribution in [0.4, 0.5) is 0 Å². The first-order valence-electron chi connectivity index (χ1n) is 6.92. The van der Waals surface area contributed by atoms with E-state index >= 15 is 0 Å². The minimum atomic E-state index is 0.337. The number of hydrogen-bond acceptors (Lipinski definition) is 0. The van der Waals surface area contributed by atoms with Gasteiger partial charge in [-0.05, 0) is 28.1 Å². The smallest absolute Gasteiger partial charge is 0.0247 e. The SMILES string of the molecule is CCC(C)C(C)(C)C(C)(C)C(C)(C)C(C)C. The molecule has 0 aromatic heterocycles. The monoisotopic (exact) mass is 226 g/mol. The highest BCUT2D eigenvalue weighted by atomic mass is 14.5. The minimum absolute atomic E-state index is 0.337. The van der Waals surface area contributed by atoms with Gasteiger partial charge < -0.3 is 0 Å². The molecule has 16 heavy (non-hydrogen) atoms. The molecule has 1 unspecified atom stereocenters. The second kappa shape index (κ2) is 4.70. The second-order valence-electron chi connectivity index (χ2n) is 7.53. The highest BCUT2D eigenvalue weighted by Gasteiger charge is 2.50. The fourth-order valence-corrected chi connectivity index (χ4v) is 2.68. The topological polar surface area (TPSA) is 0 Å². The van der Waals surface area contributed by atoms with Crippen LogP contribution < -0.4 is 0 Å². The molecule has 0 heterocycles. The average molecular weight is 226 g/mol. The van der Waals surface area contributed by atoms with Crippen LogP contribution in [0.5, 0.6) is 0 Å². The maximum Gasteiger partial charge on any atom is -0.0247 e. The van der Waals surface area contributed by atoms with E-state index in [1.807, 2.05) is 0 Å². The lowest BCUT2D eigenvalue weighted by atomic mass is 9.48. The molecule has 0 aliphatic heterocycles. The van der Waals surface area contributed by atoms with Crippen molar-refractivity contribution in [1.29, 1.82) is 0 Å². The van der Waals surface area contributed by atoms with Crippen LogP contribution in [0.15, 0.2) is 0 Å². The van der Waals surface area contributed by atoms with Crippen LogP contribution in [0, 0.1) is 28.1 Å². The largest absolute Gasteiger partial charge is 0.0651 e. The van der Waals surface area contributed by atoms with Crippen LogP contribution in [0.3, 0.4) is 0 Å². The van der Waals surface area contributed by atoms with E-state index in [1.165, 1.54) is 6.42 Å². The van der Waals surface area contributed by atoms with Gasteiger partial charge in [0.15, 0.2) is 0 Å². The molecule has 0 radical (unpaired) electrons. The van der Waals surface area contributed by atoms with Gasteiger partial charge in [0.05, 0.1) is 0 Å². The summed E-state index contributed by atoms with van der Waals surface area (Å²) in [5.41, 5.74) is 1.07. The highest BCUT2D eigenvalue weighted by molar-refractivity contribution is 4.99. The van der Waals surface area contributed by atoms with Crippen molar-refractivity contribution in [3.05, 3.63) is 0 Å². The molecule has 0 bridgehead atoms. The Kier molecular flexibility index (Phi) is 4.70. The second-order valence-corrected chi connectivity index (χ2v) is 7.53. The average Bonchev–Trinajstić information content (AvgIpc) is 2.15. The maximum absolute atomic E-state index is 2.46. The molecule has 0 amide bonds. The van der Waals surface area contributed by atoms with Crippen molar-refractivity contribution in [2.75, 3.05) is 0 Å². The van der Waals surface area contributed by atoms with E-state index in [0.717, 1.165) is 5.92 Å². The van der Waals surface area contributed by atoms with Crippen molar-refractivity contribution in [2.24, 2.45) is 28.1 Å². The summed E-state index contributed by atoms with van der Waals surface area (Å²) < 4.78 is 0. The summed E-state index contributed by atoms with van der Waals surface area (Å²) in [4.78, 5) is 0. The number of hydrogen-bond donors (Lipinski definition) is 0. The van der Waals surface area contributed by atoms with Gasteiger partial charge in [-0.15, -0.1) is 0 Å². The summed E-state index contributed by atoms with van der Waals surface area (Å²) in [6.45, 7) is 24.1. The zero-order chi connectivity index (χ0) is 13.4. The van der Waals surface area contributed by atoms with Gasteiger partial charge in [0.1, 0.15) is 0 Å². The van der Waals surface area contributed by atoms with Crippen molar-refractivity contribution >= 4 is 0 Å². The number of rotatable bonds is 5. The Labute approximate surface area is 104 Å². The van der Waals surface area contributed by atoms with E-state index in [9.17, 15) is 0 Å². The fourth-order valence-electron chi connectivity index (χ4n) is 2.68. The molecule has 0 aromatic rings. The highest BCUT2D eigenvalue weighted by Crippen LogP contribution is 2.57. The summed E-state index contributed by atoms with van der Waals surface area (Å²) in [6, 6.07) is 0. The maximum atomic E-state index is 2.46. The van der Waals surface area contributed by atoms with Crippen LogP contribution in [0.2, 0.25) is 0 Å². The molecule has 0 nitrogen and oxygen atoms in total. The Morgan fingerprint density at radius 2 is 1.12 bits per heavy atom. The van der Waals surface area contributed by atoms with Crippen molar-refractivity contribution in [1.82, 2.24) is 0 Å². The summed E-state index contributed by atoms with van der Waals surface area (Å²) in [6.07, 6.45) is 1.27. The fraction of sp³-hybridized carbons (Fsp3) is 1.00. The first kappa shape index (κ1) is 16.0. The Hall–Kier alpha value is 0. The predicted octanol–water partition coefficient (Wildman–Crippen LogP) is 5.77. The molecule has 0 spiro atoms. The third kappa shape index (κ3) is 2.31. The van der Waals surface area contributed by atoms with Gasteiger partial charge in [-0.3, -0.25) is 0 Å². The Morgan fingerprint density at radius 3 is 1.38 bits per heavy atom. The Bertz CT molecular complexity index is 218. The lowest BCUT2D eigenvalue weighted by Crippen LogP contribution is -2.49. The van der Waals surface area contributed by atoms with Crippen LogP contribution in [0.1, 0.15) is 75.7 Å². The van der Waals surface area contributed by atoms with E-state index in [4.69, 9.17) is 0 Å². The first-order chi connectivity index (χ1) is 6.92. The molecule has 0 aliphatic rings. The first-order valence-corrected chi connectivity index (χ1v) is 6.92. The summed E-state index contributed by atoms with van der Waals surface area (Å²) in [5.74, 6) is 1.48. The quantitative estimate of drug-likeness (QED) is 0.558.